The summed E-state index contributed by atoms with van der Waals surface area (Å²) in [7, 11) is -6.06. The lowest BCUT2D eigenvalue weighted by Crippen LogP contribution is -2.60. The van der Waals surface area contributed by atoms with E-state index < -0.39 is 74.8 Å². The molecule has 1 N–H and O–H groups in total. The van der Waals surface area contributed by atoms with Gasteiger partial charge in [-0.25, -0.2) is 4.79 Å². The highest BCUT2D eigenvalue weighted by molar-refractivity contribution is 7.87. The molecular formula is C23H28F2O9S. The highest BCUT2D eigenvalue weighted by Crippen LogP contribution is 2.63. The summed E-state index contributed by atoms with van der Waals surface area (Å²) in [5.41, 5.74) is -0.603. The van der Waals surface area contributed by atoms with Crippen molar-refractivity contribution in [1.82, 2.24) is 0 Å². The fourth-order valence-corrected chi connectivity index (χ4v) is 9.23. The number of alkyl halides is 2. The molecule has 7 rings (SSSR count). The predicted octanol–water partition coefficient (Wildman–Crippen LogP) is 2.33. The zero-order valence-corrected chi connectivity index (χ0v) is 19.9. The molecule has 9 nitrogen and oxygen atoms in total. The first kappa shape index (κ1) is 23.6. The Balaban J connectivity index is 1.26. The van der Waals surface area contributed by atoms with Crippen LogP contribution in [0.2, 0.25) is 0 Å². The van der Waals surface area contributed by atoms with Crippen molar-refractivity contribution in [2.75, 3.05) is 0 Å². The topological polar surface area (TPSA) is 133 Å². The molecule has 9 atom stereocenters. The molecule has 7 fully saturated rings. The first-order chi connectivity index (χ1) is 16.4. The summed E-state index contributed by atoms with van der Waals surface area (Å²) in [6.45, 7) is 2.09. The van der Waals surface area contributed by atoms with E-state index in [9.17, 15) is 31.6 Å². The molecule has 1 heterocycles. The summed E-state index contributed by atoms with van der Waals surface area (Å²) in [5, 5.41) is -5.18. The molecule has 6 aliphatic carbocycles. The van der Waals surface area contributed by atoms with E-state index >= 15 is 0 Å². The third-order valence-corrected chi connectivity index (χ3v) is 10.6. The Bertz CT molecular complexity index is 1080. The van der Waals surface area contributed by atoms with E-state index in [0.717, 1.165) is 38.5 Å². The Morgan fingerprint density at radius 3 is 2.40 bits per heavy atom. The highest BCUT2D eigenvalue weighted by Gasteiger charge is 2.72. The molecule has 0 spiro atoms. The molecule has 0 amide bonds. The summed E-state index contributed by atoms with van der Waals surface area (Å²) in [5.74, 6) is -5.15. The lowest BCUT2D eigenvalue weighted by molar-refractivity contribution is -0.216. The van der Waals surface area contributed by atoms with E-state index in [1.165, 1.54) is 0 Å². The van der Waals surface area contributed by atoms with Gasteiger partial charge in [0, 0.05) is 17.8 Å². The van der Waals surface area contributed by atoms with E-state index in [2.05, 4.69) is 6.92 Å². The van der Waals surface area contributed by atoms with Crippen molar-refractivity contribution in [3.63, 3.8) is 0 Å². The molecule has 0 aromatic rings. The molecule has 194 valence electrons. The Morgan fingerprint density at radius 1 is 1.14 bits per heavy atom. The van der Waals surface area contributed by atoms with Crippen molar-refractivity contribution in [1.29, 1.82) is 0 Å². The Morgan fingerprint density at radius 2 is 1.80 bits per heavy atom. The molecule has 0 radical (unpaired) electrons. The fraction of sp³-hybridized carbons (Fsp3) is 0.870. The van der Waals surface area contributed by atoms with Gasteiger partial charge < -0.3 is 14.2 Å². The Labute approximate surface area is 201 Å². The van der Waals surface area contributed by atoms with Crippen LogP contribution < -0.4 is 0 Å². The average Bonchev–Trinajstić information content (AvgIpc) is 3.35. The van der Waals surface area contributed by atoms with E-state index in [1.54, 1.807) is 0 Å². The van der Waals surface area contributed by atoms with Gasteiger partial charge in [-0.1, -0.05) is 6.92 Å². The van der Waals surface area contributed by atoms with E-state index in [4.69, 9.17) is 18.8 Å². The molecule has 6 saturated carbocycles. The van der Waals surface area contributed by atoms with Gasteiger partial charge in [-0.15, -0.1) is 0 Å². The second-order valence-corrected chi connectivity index (χ2v) is 12.9. The van der Waals surface area contributed by atoms with Crippen molar-refractivity contribution in [2.45, 2.75) is 74.9 Å². The predicted molar refractivity (Wildman–Crippen MR) is 111 cm³/mol. The van der Waals surface area contributed by atoms with Gasteiger partial charge in [0.1, 0.15) is 17.8 Å². The molecular weight excluding hydrogens is 490 g/mol. The summed E-state index contributed by atoms with van der Waals surface area (Å²) in [6.07, 6.45) is 3.61. The smallest absolute Gasteiger partial charge is 0.458 e. The SMILES string of the molecule is CCC1C2CC3CC(C2)CC1(OC(=O)C1C2CC4C(OC(=O)C41)C2OC(=O)C(F)(F)S(=O)(=O)O)C3. The normalized spacial score (nSPS) is 47.1. The highest BCUT2D eigenvalue weighted by atomic mass is 32.2. The molecule has 7 aliphatic rings. The van der Waals surface area contributed by atoms with Crippen molar-refractivity contribution in [2.24, 2.45) is 47.3 Å². The summed E-state index contributed by atoms with van der Waals surface area (Å²) in [4.78, 5) is 38.3. The van der Waals surface area contributed by atoms with Crippen LogP contribution in [0.4, 0.5) is 8.78 Å². The van der Waals surface area contributed by atoms with Crippen LogP contribution in [0.3, 0.4) is 0 Å². The molecule has 12 heteroatoms. The standard InChI is InChI=1S/C23H28F2O9S/c1-2-14-11-4-9-3-10(5-11)8-22(14,7-9)34-20(27)16-13-6-12-15(16)19(26)32-17(12)18(13)33-21(28)23(24,25)35(29,30)31/h9-18H,2-8H2,1H3,(H,29,30,31). The molecule has 1 aliphatic heterocycles. The van der Waals surface area contributed by atoms with Gasteiger partial charge in [0.05, 0.1) is 11.8 Å². The number of rotatable bonds is 6. The van der Waals surface area contributed by atoms with Crippen LogP contribution in [0, 0.1) is 47.3 Å². The van der Waals surface area contributed by atoms with Crippen molar-refractivity contribution in [3.8, 4) is 0 Å². The third kappa shape index (κ3) is 3.17. The maximum atomic E-state index is 13.9. The van der Waals surface area contributed by atoms with Crippen LogP contribution in [0.5, 0.6) is 0 Å². The number of carbonyl (C=O) groups is 3. The molecule has 35 heavy (non-hydrogen) atoms. The van der Waals surface area contributed by atoms with Crippen LogP contribution in [0.15, 0.2) is 0 Å². The van der Waals surface area contributed by atoms with Crippen molar-refractivity contribution < 1.29 is 50.3 Å². The zero-order valence-electron chi connectivity index (χ0n) is 19.1. The van der Waals surface area contributed by atoms with Gasteiger partial charge >= 0.3 is 33.3 Å². The average molecular weight is 519 g/mol. The van der Waals surface area contributed by atoms with Gasteiger partial charge in [-0.2, -0.15) is 17.2 Å². The second kappa shape index (κ2) is 7.36. The van der Waals surface area contributed by atoms with Crippen molar-refractivity contribution >= 4 is 28.0 Å². The first-order valence-electron chi connectivity index (χ1n) is 12.4. The lowest BCUT2D eigenvalue weighted by Gasteiger charge is -2.60. The quantitative estimate of drug-likeness (QED) is 0.319. The summed E-state index contributed by atoms with van der Waals surface area (Å²) >= 11 is 0. The molecule has 9 unspecified atom stereocenters. The minimum atomic E-state index is -6.06. The minimum Gasteiger partial charge on any atom is -0.458 e. The molecule has 1 saturated heterocycles. The van der Waals surface area contributed by atoms with Gasteiger partial charge in [-0.3, -0.25) is 14.1 Å². The van der Waals surface area contributed by atoms with Crippen LogP contribution in [-0.2, 0) is 38.7 Å². The largest absolute Gasteiger partial charge is 0.465 e. The number of ether oxygens (including phenoxy) is 3. The number of halogens is 2. The maximum absolute atomic E-state index is 13.9. The minimum absolute atomic E-state index is 0.225. The maximum Gasteiger partial charge on any atom is 0.465 e. The third-order valence-electron chi connectivity index (χ3n) is 9.82. The van der Waals surface area contributed by atoms with Gasteiger partial charge in [0.15, 0.2) is 0 Å². The van der Waals surface area contributed by atoms with Crippen LogP contribution in [-0.4, -0.2) is 53.9 Å². The number of esters is 3. The second-order valence-electron chi connectivity index (χ2n) is 11.5. The number of hydrogen-bond acceptors (Lipinski definition) is 8. The molecule has 6 bridgehead atoms. The fourth-order valence-electron chi connectivity index (χ4n) is 8.97. The number of hydrogen-bond donors (Lipinski definition) is 1. The van der Waals surface area contributed by atoms with Gasteiger partial charge in [-0.05, 0) is 62.7 Å². The monoisotopic (exact) mass is 518 g/mol. The summed E-state index contributed by atoms with van der Waals surface area (Å²) < 4.78 is 74.8. The van der Waals surface area contributed by atoms with E-state index in [1.807, 2.05) is 0 Å². The molecule has 0 aromatic carbocycles. The Kier molecular flexibility index (Phi) is 4.96. The Hall–Kier alpha value is -1.82. The number of fused-ring (bicyclic) bond motifs is 1. The van der Waals surface area contributed by atoms with E-state index in [0.29, 0.717) is 17.8 Å². The summed E-state index contributed by atoms with van der Waals surface area (Å²) in [6, 6.07) is 0. The van der Waals surface area contributed by atoms with Gasteiger partial charge in [0.2, 0.25) is 0 Å². The zero-order chi connectivity index (χ0) is 25.1. The first-order valence-corrected chi connectivity index (χ1v) is 13.8. The van der Waals surface area contributed by atoms with Crippen LogP contribution in [0.1, 0.15) is 51.9 Å². The van der Waals surface area contributed by atoms with Gasteiger partial charge in [0.25, 0.3) is 0 Å². The lowest BCUT2D eigenvalue weighted by atomic mass is 9.49. The van der Waals surface area contributed by atoms with E-state index in [-0.39, 0.29) is 12.3 Å². The van der Waals surface area contributed by atoms with Crippen molar-refractivity contribution in [3.05, 3.63) is 0 Å². The molecule has 0 aromatic heterocycles. The number of carbonyl (C=O) groups excluding carboxylic acids is 3. The van der Waals surface area contributed by atoms with Crippen LogP contribution in [0.25, 0.3) is 0 Å². The van der Waals surface area contributed by atoms with Crippen LogP contribution >= 0.6 is 0 Å².